The van der Waals surface area contributed by atoms with Gasteiger partial charge in [0, 0.05) is 24.5 Å². The Hall–Kier alpha value is -1.43. The Morgan fingerprint density at radius 2 is 2.18 bits per heavy atom. The van der Waals surface area contributed by atoms with E-state index in [0.29, 0.717) is 12.5 Å². The van der Waals surface area contributed by atoms with Gasteiger partial charge in [-0.2, -0.15) is 0 Å². The second-order valence-corrected chi connectivity index (χ2v) is 6.62. The molecule has 4 N–H and O–H groups in total. The van der Waals surface area contributed by atoms with Crippen LogP contribution >= 0.6 is 0 Å². The topological polar surface area (TPSA) is 76.0 Å². The first kappa shape index (κ1) is 14.2. The lowest BCUT2D eigenvalue weighted by Crippen LogP contribution is -2.45. The molecular weight excluding hydrogens is 276 g/mol. The number of piperidine rings is 1. The van der Waals surface area contributed by atoms with Gasteiger partial charge in [-0.1, -0.05) is 12.1 Å². The van der Waals surface area contributed by atoms with Gasteiger partial charge in [-0.25, -0.2) is 4.98 Å². The normalized spacial score (nSPS) is 24.9. The van der Waals surface area contributed by atoms with Crippen LogP contribution in [0.25, 0.3) is 11.0 Å². The molecule has 5 heteroatoms. The van der Waals surface area contributed by atoms with Crippen molar-refractivity contribution in [2.24, 2.45) is 5.73 Å². The number of aromatic nitrogens is 2. The molecule has 2 saturated heterocycles. The summed E-state index contributed by atoms with van der Waals surface area (Å²) in [5.41, 5.74) is 9.70. The van der Waals surface area contributed by atoms with Gasteiger partial charge in [0.15, 0.2) is 0 Å². The minimum Gasteiger partial charge on any atom is -0.381 e. The van der Waals surface area contributed by atoms with Crippen LogP contribution < -0.4 is 11.1 Å². The van der Waals surface area contributed by atoms with E-state index in [1.165, 1.54) is 5.56 Å². The third kappa shape index (κ3) is 2.24. The number of nitrogens with zero attached hydrogens (tertiary/aromatic N) is 1. The summed E-state index contributed by atoms with van der Waals surface area (Å²) in [6.45, 7) is 4.34. The smallest absolute Gasteiger partial charge is 0.114 e. The van der Waals surface area contributed by atoms with Crippen molar-refractivity contribution >= 4 is 11.0 Å². The minimum atomic E-state index is -0.00623. The molecule has 1 aromatic carbocycles. The SMILES string of the molecule is NCC1(c2nc3c(C4CCOC4)cccc3[nH]2)CCNCC1. The molecule has 0 bridgehead atoms. The second-order valence-electron chi connectivity index (χ2n) is 6.62. The van der Waals surface area contributed by atoms with E-state index in [0.717, 1.165) is 62.4 Å². The standard InChI is InChI=1S/C17H24N4O/c18-11-17(5-7-19-8-6-17)16-20-14-3-1-2-13(15(14)21-16)12-4-9-22-10-12/h1-3,12,19H,4-11,18H2,(H,20,21). The van der Waals surface area contributed by atoms with Crippen molar-refractivity contribution in [1.29, 1.82) is 0 Å². The third-order valence-corrected chi connectivity index (χ3v) is 5.37. The Morgan fingerprint density at radius 1 is 1.32 bits per heavy atom. The number of benzene rings is 1. The van der Waals surface area contributed by atoms with Crippen molar-refractivity contribution < 1.29 is 4.74 Å². The zero-order valence-corrected chi connectivity index (χ0v) is 12.9. The molecule has 2 aromatic rings. The highest BCUT2D eigenvalue weighted by molar-refractivity contribution is 5.79. The van der Waals surface area contributed by atoms with Gasteiger partial charge in [0.25, 0.3) is 0 Å². The van der Waals surface area contributed by atoms with Crippen molar-refractivity contribution in [2.75, 3.05) is 32.8 Å². The lowest BCUT2D eigenvalue weighted by molar-refractivity contribution is 0.194. The number of nitrogens with one attached hydrogen (secondary N) is 2. The minimum absolute atomic E-state index is 0.00623. The molecule has 4 rings (SSSR count). The van der Waals surface area contributed by atoms with Crippen molar-refractivity contribution in [3.8, 4) is 0 Å². The van der Waals surface area contributed by atoms with Gasteiger partial charge in [-0.15, -0.1) is 0 Å². The summed E-state index contributed by atoms with van der Waals surface area (Å²) >= 11 is 0. The molecule has 5 nitrogen and oxygen atoms in total. The molecule has 3 heterocycles. The lowest BCUT2D eigenvalue weighted by atomic mass is 9.78. The van der Waals surface area contributed by atoms with Crippen molar-refractivity contribution in [3.05, 3.63) is 29.6 Å². The van der Waals surface area contributed by atoms with Crippen LogP contribution in [0.4, 0.5) is 0 Å². The van der Waals surface area contributed by atoms with Crippen LogP contribution in [0.5, 0.6) is 0 Å². The first-order chi connectivity index (χ1) is 10.8. The molecule has 118 valence electrons. The van der Waals surface area contributed by atoms with E-state index in [4.69, 9.17) is 15.5 Å². The van der Waals surface area contributed by atoms with E-state index in [9.17, 15) is 0 Å². The Bertz CT molecular complexity index is 654. The third-order valence-electron chi connectivity index (χ3n) is 5.37. The predicted octanol–water partition coefficient (Wildman–Crippen LogP) is 1.65. The Labute approximate surface area is 130 Å². The predicted molar refractivity (Wildman–Crippen MR) is 87.1 cm³/mol. The van der Waals surface area contributed by atoms with Gasteiger partial charge in [-0.3, -0.25) is 0 Å². The molecule has 1 aromatic heterocycles. The number of H-pyrrole nitrogens is 1. The van der Waals surface area contributed by atoms with E-state index in [2.05, 4.69) is 28.5 Å². The molecule has 2 fully saturated rings. The second kappa shape index (κ2) is 5.65. The molecule has 0 spiro atoms. The van der Waals surface area contributed by atoms with E-state index in [1.54, 1.807) is 0 Å². The first-order valence-corrected chi connectivity index (χ1v) is 8.30. The van der Waals surface area contributed by atoms with Crippen LogP contribution in [-0.4, -0.2) is 42.8 Å². The number of rotatable bonds is 3. The zero-order chi connectivity index (χ0) is 15.0. The van der Waals surface area contributed by atoms with E-state index in [-0.39, 0.29) is 5.41 Å². The molecule has 1 unspecified atom stereocenters. The highest BCUT2D eigenvalue weighted by Gasteiger charge is 2.36. The van der Waals surface area contributed by atoms with E-state index >= 15 is 0 Å². The van der Waals surface area contributed by atoms with E-state index in [1.807, 2.05) is 0 Å². The lowest BCUT2D eigenvalue weighted by Gasteiger charge is -2.34. The fraction of sp³-hybridized carbons (Fsp3) is 0.588. The first-order valence-electron chi connectivity index (χ1n) is 8.30. The number of hydrogen-bond acceptors (Lipinski definition) is 4. The number of ether oxygens (including phenoxy) is 1. The fourth-order valence-corrected chi connectivity index (χ4v) is 3.86. The largest absolute Gasteiger partial charge is 0.381 e. The molecule has 0 amide bonds. The maximum absolute atomic E-state index is 6.14. The molecule has 22 heavy (non-hydrogen) atoms. The van der Waals surface area contributed by atoms with Gasteiger partial charge in [0.2, 0.25) is 0 Å². The van der Waals surface area contributed by atoms with Crippen LogP contribution in [0.15, 0.2) is 18.2 Å². The number of para-hydroxylation sites is 1. The summed E-state index contributed by atoms with van der Waals surface area (Å²) in [6, 6.07) is 6.44. The molecule has 1 atom stereocenters. The highest BCUT2D eigenvalue weighted by Crippen LogP contribution is 2.35. The number of imidazole rings is 1. The summed E-state index contributed by atoms with van der Waals surface area (Å²) in [5.74, 6) is 1.54. The van der Waals surface area contributed by atoms with E-state index < -0.39 is 0 Å². The number of hydrogen-bond donors (Lipinski definition) is 3. The average molecular weight is 300 g/mol. The van der Waals surface area contributed by atoms with Crippen LogP contribution in [0.2, 0.25) is 0 Å². The van der Waals surface area contributed by atoms with Crippen molar-refractivity contribution in [3.63, 3.8) is 0 Å². The highest BCUT2D eigenvalue weighted by atomic mass is 16.5. The maximum Gasteiger partial charge on any atom is 0.114 e. The van der Waals surface area contributed by atoms with Gasteiger partial charge < -0.3 is 20.8 Å². The zero-order valence-electron chi connectivity index (χ0n) is 12.9. The molecular formula is C17H24N4O. The van der Waals surface area contributed by atoms with Gasteiger partial charge in [0.1, 0.15) is 5.82 Å². The van der Waals surface area contributed by atoms with Gasteiger partial charge in [-0.05, 0) is 44.0 Å². The quantitative estimate of drug-likeness (QED) is 0.805. The number of aromatic amines is 1. The van der Waals surface area contributed by atoms with Crippen molar-refractivity contribution in [1.82, 2.24) is 15.3 Å². The summed E-state index contributed by atoms with van der Waals surface area (Å²) in [6.07, 6.45) is 3.18. The number of fused-ring (bicyclic) bond motifs is 1. The van der Waals surface area contributed by atoms with Crippen LogP contribution in [0, 0.1) is 0 Å². The Morgan fingerprint density at radius 3 is 2.91 bits per heavy atom. The summed E-state index contributed by atoms with van der Waals surface area (Å²) in [5, 5.41) is 3.42. The molecule has 0 saturated carbocycles. The Balaban J connectivity index is 1.78. The molecule has 0 aliphatic carbocycles. The Kier molecular flexibility index (Phi) is 3.64. The average Bonchev–Trinajstić information content (AvgIpc) is 3.24. The monoisotopic (exact) mass is 300 g/mol. The summed E-state index contributed by atoms with van der Waals surface area (Å²) in [7, 11) is 0. The van der Waals surface area contributed by atoms with Crippen LogP contribution in [0.1, 0.15) is 36.6 Å². The fourth-order valence-electron chi connectivity index (χ4n) is 3.86. The van der Waals surface area contributed by atoms with Gasteiger partial charge in [0.05, 0.1) is 17.6 Å². The maximum atomic E-state index is 6.14. The van der Waals surface area contributed by atoms with Gasteiger partial charge >= 0.3 is 0 Å². The molecule has 0 radical (unpaired) electrons. The number of nitrogens with two attached hydrogens (primary N) is 1. The molecule has 2 aliphatic rings. The van der Waals surface area contributed by atoms with Crippen LogP contribution in [-0.2, 0) is 10.2 Å². The van der Waals surface area contributed by atoms with Crippen LogP contribution in [0.3, 0.4) is 0 Å². The summed E-state index contributed by atoms with van der Waals surface area (Å²) in [4.78, 5) is 8.57. The molecule has 2 aliphatic heterocycles. The van der Waals surface area contributed by atoms with Crippen molar-refractivity contribution in [2.45, 2.75) is 30.6 Å². The summed E-state index contributed by atoms with van der Waals surface area (Å²) < 4.78 is 5.56.